The molecule has 0 aromatic heterocycles. The number of aliphatic carboxylic acids is 1. The second kappa shape index (κ2) is 22.3. The van der Waals surface area contributed by atoms with Crippen molar-refractivity contribution in [1.29, 1.82) is 0 Å². The highest BCUT2D eigenvalue weighted by molar-refractivity contribution is 6.32. The molecule has 3 aromatic rings. The van der Waals surface area contributed by atoms with Gasteiger partial charge in [0, 0.05) is 52.4 Å². The molecule has 6 rings (SSSR count). The molecule has 2 aliphatic heterocycles. The molecule has 3 aromatic carbocycles. The number of carbonyl (C=O) groups is 4. The number of ether oxygens (including phenoxy) is 4. The molecule has 2 heterocycles. The molecular weight excluding hydrogens is 790 g/mol. The molecule has 14 heteroatoms. The normalized spacial score (nSPS) is 20.7. The number of aliphatic hydroxyl groups excluding tert-OH is 1. The van der Waals surface area contributed by atoms with E-state index in [0.717, 1.165) is 59.1 Å². The summed E-state index contributed by atoms with van der Waals surface area (Å²) in [4.78, 5) is 47.7. The molecule has 0 bridgehead atoms. The fourth-order valence-corrected chi connectivity index (χ4v) is 7.49. The number of amides is 3. The van der Waals surface area contributed by atoms with Gasteiger partial charge in [-0.1, -0.05) is 90.0 Å². The third-order valence-electron chi connectivity index (χ3n) is 11.0. The van der Waals surface area contributed by atoms with Crippen LogP contribution in [0.25, 0.3) is 11.1 Å². The van der Waals surface area contributed by atoms with Crippen LogP contribution in [-0.2, 0) is 30.2 Å². The Morgan fingerprint density at radius 2 is 1.73 bits per heavy atom. The SMILES string of the molecule is CC(C(=O)O)N(C)C(=O)OCC1c2ccccc2-c2ccccc21.CNC(=O)CCC1(C)O[C@H]1CC1CC(C/C=C/C=C(\C)Cc2ccc(Cl)c(OC)c2)NC(=O)O1.CO. The van der Waals surface area contributed by atoms with Crippen LogP contribution in [0.4, 0.5) is 9.59 Å². The predicted molar refractivity (Wildman–Crippen MR) is 230 cm³/mol. The Labute approximate surface area is 357 Å². The Balaban J connectivity index is 0.000000268. The summed E-state index contributed by atoms with van der Waals surface area (Å²) < 4.78 is 22.0. The minimum atomic E-state index is -1.06. The monoisotopic (exact) mass is 847 g/mol. The lowest BCUT2D eigenvalue weighted by Gasteiger charge is -2.29. The van der Waals surface area contributed by atoms with E-state index in [1.165, 1.54) is 19.5 Å². The number of hydrogen-bond acceptors (Lipinski definition) is 9. The van der Waals surface area contributed by atoms with Crippen molar-refractivity contribution in [2.24, 2.45) is 0 Å². The largest absolute Gasteiger partial charge is 0.495 e. The number of allylic oxidation sites excluding steroid dienone is 3. The third kappa shape index (κ3) is 12.8. The lowest BCUT2D eigenvalue weighted by Crippen LogP contribution is -2.45. The number of carbonyl (C=O) groups excluding carboxylic acids is 3. The summed E-state index contributed by atoms with van der Waals surface area (Å²) in [6.45, 7) is 5.72. The maximum absolute atomic E-state index is 12.1. The van der Waals surface area contributed by atoms with Gasteiger partial charge in [-0.3, -0.25) is 9.69 Å². The van der Waals surface area contributed by atoms with Crippen molar-refractivity contribution in [3.05, 3.63) is 112 Å². The zero-order valence-corrected chi connectivity index (χ0v) is 36.2. The number of rotatable bonds is 15. The molecule has 4 N–H and O–H groups in total. The average molecular weight is 848 g/mol. The number of likely N-dealkylation sites (N-methyl/N-ethyl adjacent to an activating group) is 1. The number of benzene rings is 3. The summed E-state index contributed by atoms with van der Waals surface area (Å²) in [5.74, 6) is -0.413. The van der Waals surface area contributed by atoms with Gasteiger partial charge in [0.05, 0.1) is 23.8 Å². The number of cyclic esters (lactones) is 1. The molecular formula is C46H58ClN3O10. The molecule has 1 aliphatic carbocycles. The minimum Gasteiger partial charge on any atom is -0.495 e. The summed E-state index contributed by atoms with van der Waals surface area (Å²) in [6, 6.07) is 21.0. The molecule has 2 saturated heterocycles. The number of hydrogen-bond donors (Lipinski definition) is 4. The van der Waals surface area contributed by atoms with Crippen molar-refractivity contribution in [3.63, 3.8) is 0 Å². The van der Waals surface area contributed by atoms with E-state index in [-0.39, 0.29) is 48.4 Å². The van der Waals surface area contributed by atoms with Gasteiger partial charge in [-0.15, -0.1) is 0 Å². The van der Waals surface area contributed by atoms with Gasteiger partial charge in [0.15, 0.2) is 0 Å². The number of aliphatic hydroxyl groups is 1. The number of halogens is 1. The van der Waals surface area contributed by atoms with E-state index in [9.17, 15) is 19.2 Å². The van der Waals surface area contributed by atoms with E-state index in [1.807, 2.05) is 67.6 Å². The number of methoxy groups -OCH3 is 1. The predicted octanol–water partition coefficient (Wildman–Crippen LogP) is 7.67. The first-order chi connectivity index (χ1) is 28.7. The molecule has 5 atom stereocenters. The first-order valence-electron chi connectivity index (χ1n) is 20.0. The van der Waals surface area contributed by atoms with E-state index < -0.39 is 18.1 Å². The lowest BCUT2D eigenvalue weighted by molar-refractivity contribution is -0.141. The number of nitrogens with zero attached hydrogens (tertiary/aromatic N) is 1. The Bertz CT molecular complexity index is 1980. The molecule has 4 unspecified atom stereocenters. The van der Waals surface area contributed by atoms with Gasteiger partial charge < -0.3 is 39.8 Å². The summed E-state index contributed by atoms with van der Waals surface area (Å²) in [5.41, 5.74) is 6.59. The molecule has 2 fully saturated rings. The van der Waals surface area contributed by atoms with E-state index in [4.69, 9.17) is 40.8 Å². The zero-order chi connectivity index (χ0) is 44.0. The number of alkyl carbamates (subject to hydrolysis) is 1. The van der Waals surface area contributed by atoms with E-state index in [0.29, 0.717) is 30.0 Å². The highest BCUT2D eigenvalue weighted by Crippen LogP contribution is 2.45. The number of nitrogens with one attached hydrogen (secondary N) is 2. The molecule has 3 amide bonds. The van der Waals surface area contributed by atoms with Crippen LogP contribution in [0, 0.1) is 0 Å². The van der Waals surface area contributed by atoms with Crippen LogP contribution in [0.2, 0.25) is 5.02 Å². The van der Waals surface area contributed by atoms with Crippen molar-refractivity contribution < 1.29 is 48.3 Å². The Hall–Kier alpha value is -5.37. The van der Waals surface area contributed by atoms with Gasteiger partial charge in [-0.25, -0.2) is 14.4 Å². The van der Waals surface area contributed by atoms with Gasteiger partial charge in [0.2, 0.25) is 5.91 Å². The smallest absolute Gasteiger partial charge is 0.410 e. The van der Waals surface area contributed by atoms with Crippen molar-refractivity contribution >= 4 is 35.7 Å². The van der Waals surface area contributed by atoms with Gasteiger partial charge >= 0.3 is 18.2 Å². The van der Waals surface area contributed by atoms with Gasteiger partial charge in [0.1, 0.15) is 24.5 Å². The lowest BCUT2D eigenvalue weighted by atomic mass is 9.94. The second-order valence-electron chi connectivity index (χ2n) is 15.2. The molecule has 324 valence electrons. The fourth-order valence-electron chi connectivity index (χ4n) is 7.30. The van der Waals surface area contributed by atoms with Crippen molar-refractivity contribution in [2.75, 3.05) is 34.9 Å². The number of fused-ring (bicyclic) bond motifs is 3. The average Bonchev–Trinajstić information content (AvgIpc) is 3.77. The first-order valence-corrected chi connectivity index (χ1v) is 20.4. The molecule has 0 spiro atoms. The third-order valence-corrected chi connectivity index (χ3v) is 11.3. The number of carboxylic acids is 1. The quantitative estimate of drug-likeness (QED) is 0.0877. The Morgan fingerprint density at radius 3 is 2.35 bits per heavy atom. The molecule has 0 radical (unpaired) electrons. The van der Waals surface area contributed by atoms with Crippen LogP contribution in [0.3, 0.4) is 0 Å². The summed E-state index contributed by atoms with van der Waals surface area (Å²) in [7, 11) is 5.67. The van der Waals surface area contributed by atoms with Crippen LogP contribution in [-0.4, -0.2) is 104 Å². The molecule has 13 nitrogen and oxygen atoms in total. The summed E-state index contributed by atoms with van der Waals surface area (Å²) >= 11 is 6.09. The molecule has 3 aliphatic rings. The van der Waals surface area contributed by atoms with E-state index in [2.05, 4.69) is 41.8 Å². The standard InChI is InChI=1S/C26H35ClN2O5.C19H19NO4.CH4O/c1-17(13-18-9-10-21(27)22(14-18)32-4)7-5-6-8-19-15-20(33-25(31)29-19)16-23-26(2,34-23)12-11-24(30)28-3;1-12(18(21)22)20(2)19(23)24-11-17-15-9-5-3-7-13(15)14-8-4-6-10-16(14)17;1-2/h5-7,9-10,14,19-20,23H,8,11-13,15-16H2,1-4H3,(H,28,30)(H,29,31);3-10,12,17H,11H2,1-2H3,(H,21,22);2H,1H3/b6-5+,17-7+;;/t19?,20?,23-,26?;;/m0../s1. The Kier molecular flexibility index (Phi) is 17.6. The van der Waals surface area contributed by atoms with Gasteiger partial charge in [0.25, 0.3) is 0 Å². The van der Waals surface area contributed by atoms with Crippen molar-refractivity contribution in [2.45, 2.75) is 95.1 Å². The maximum atomic E-state index is 12.1. The van der Waals surface area contributed by atoms with Crippen LogP contribution in [0.15, 0.2) is 90.5 Å². The van der Waals surface area contributed by atoms with Crippen LogP contribution in [0.1, 0.15) is 75.5 Å². The van der Waals surface area contributed by atoms with Crippen LogP contribution >= 0.6 is 11.6 Å². The fraction of sp³-hybridized carbons (Fsp3) is 0.435. The van der Waals surface area contributed by atoms with Crippen molar-refractivity contribution in [1.82, 2.24) is 15.5 Å². The van der Waals surface area contributed by atoms with Gasteiger partial charge in [-0.2, -0.15) is 0 Å². The van der Waals surface area contributed by atoms with E-state index >= 15 is 0 Å². The summed E-state index contributed by atoms with van der Waals surface area (Å²) in [6.07, 6.45) is 9.00. The first kappa shape index (κ1) is 47.3. The minimum absolute atomic E-state index is 0.00722. The summed E-state index contributed by atoms with van der Waals surface area (Å²) in [5, 5.41) is 22.1. The maximum Gasteiger partial charge on any atom is 0.410 e. The van der Waals surface area contributed by atoms with E-state index in [1.54, 1.807) is 14.2 Å². The van der Waals surface area contributed by atoms with Crippen molar-refractivity contribution in [3.8, 4) is 16.9 Å². The topological polar surface area (TPSA) is 176 Å². The second-order valence-corrected chi connectivity index (χ2v) is 15.6. The Morgan fingerprint density at radius 1 is 1.08 bits per heavy atom. The van der Waals surface area contributed by atoms with Crippen LogP contribution < -0.4 is 15.4 Å². The number of epoxide rings is 1. The van der Waals surface area contributed by atoms with Crippen LogP contribution in [0.5, 0.6) is 5.75 Å². The highest BCUT2D eigenvalue weighted by Gasteiger charge is 2.53. The van der Waals surface area contributed by atoms with Gasteiger partial charge in [-0.05, 0) is 80.0 Å². The molecule has 0 saturated carbocycles. The zero-order valence-electron chi connectivity index (χ0n) is 35.4. The number of carboxylic acid groups (broad SMARTS) is 1. The highest BCUT2D eigenvalue weighted by atomic mass is 35.5. The molecule has 60 heavy (non-hydrogen) atoms.